The number of carboxylic acids is 1. The van der Waals surface area contributed by atoms with Gasteiger partial charge >= 0.3 is 5.97 Å². The molecule has 9 heavy (non-hydrogen) atoms. The molecule has 1 atom stereocenters. The van der Waals surface area contributed by atoms with Gasteiger partial charge in [0.25, 0.3) is 0 Å². The fourth-order valence-corrected chi connectivity index (χ4v) is 1.33. The fraction of sp³-hybridized carbons (Fsp3) is 0.250. The Balaban J connectivity index is 2.74. The van der Waals surface area contributed by atoms with Crippen molar-refractivity contribution in [2.75, 3.05) is 0 Å². The van der Waals surface area contributed by atoms with Gasteiger partial charge in [-0.15, -0.1) is 0 Å². The Morgan fingerprint density at radius 1 is 1.89 bits per heavy atom. The van der Waals surface area contributed by atoms with E-state index < -0.39 is 11.0 Å². The molecule has 0 bridgehead atoms. The Morgan fingerprint density at radius 2 is 2.56 bits per heavy atom. The van der Waals surface area contributed by atoms with Crippen LogP contribution in [0.3, 0.4) is 0 Å². The van der Waals surface area contributed by atoms with Gasteiger partial charge in [-0.25, -0.2) is 9.52 Å². The quantitative estimate of drug-likeness (QED) is 0.342. The summed E-state index contributed by atoms with van der Waals surface area (Å²) in [6.45, 7) is 0. The minimum absolute atomic E-state index is 1.08. The molecule has 0 radical (unpaired) electrons. The Hall–Kier alpha value is -0.190. The van der Waals surface area contributed by atoms with Crippen LogP contribution in [-0.4, -0.2) is 16.1 Å². The molecular formula is C4H4ClNO2S. The van der Waals surface area contributed by atoms with Crippen LogP contribution in [0.4, 0.5) is 0 Å². The molecule has 1 aliphatic heterocycles. The zero-order valence-electron chi connectivity index (χ0n) is 4.30. The lowest BCUT2D eigenvalue weighted by molar-refractivity contribution is -0.138. The van der Waals surface area contributed by atoms with E-state index in [-0.39, 0.29) is 0 Å². The molecular weight excluding hydrogens is 162 g/mol. The van der Waals surface area contributed by atoms with E-state index in [4.69, 9.17) is 16.7 Å². The number of carbonyl (C=O) groups is 1. The number of nitrogens with one attached hydrogen (secondary N) is 1. The molecule has 50 valence electrons. The van der Waals surface area contributed by atoms with Crippen molar-refractivity contribution in [1.29, 1.82) is 0 Å². The molecule has 0 aromatic rings. The maximum absolute atomic E-state index is 10.3. The topological polar surface area (TPSA) is 49.3 Å². The Morgan fingerprint density at radius 3 is 2.78 bits per heavy atom. The third-order valence-electron chi connectivity index (χ3n) is 0.884. The molecule has 1 heterocycles. The molecule has 0 aromatic carbocycles. The third kappa shape index (κ3) is 1.20. The van der Waals surface area contributed by atoms with Gasteiger partial charge in [-0.1, -0.05) is 23.5 Å². The lowest BCUT2D eigenvalue weighted by Gasteiger charge is -2.11. The highest BCUT2D eigenvalue weighted by molar-refractivity contribution is 8.00. The number of carboxylic acid groups (broad SMARTS) is 1. The first-order chi connectivity index (χ1) is 4.15. The highest BCUT2D eigenvalue weighted by atomic mass is 35.5. The van der Waals surface area contributed by atoms with Crippen LogP contribution in [0.15, 0.2) is 11.5 Å². The molecule has 2 N–H and O–H groups in total. The molecule has 5 heteroatoms. The van der Waals surface area contributed by atoms with Crippen molar-refractivity contribution in [3.8, 4) is 0 Å². The average Bonchev–Trinajstić information content (AvgIpc) is 2.16. The Labute approximate surface area is 61.2 Å². The summed E-state index contributed by atoms with van der Waals surface area (Å²) in [5.41, 5.74) is 0. The Kier molecular flexibility index (Phi) is 1.70. The van der Waals surface area contributed by atoms with Gasteiger partial charge in [-0.3, -0.25) is 0 Å². The van der Waals surface area contributed by atoms with Crippen LogP contribution >= 0.6 is 23.5 Å². The zero-order chi connectivity index (χ0) is 6.91. The summed E-state index contributed by atoms with van der Waals surface area (Å²) in [4.78, 5) is 8.88. The first-order valence-electron chi connectivity index (χ1n) is 2.18. The molecule has 0 amide bonds. The molecule has 1 aliphatic rings. The molecule has 0 aliphatic carbocycles. The van der Waals surface area contributed by atoms with Crippen LogP contribution in [-0.2, 0) is 4.79 Å². The van der Waals surface area contributed by atoms with E-state index in [1.54, 1.807) is 5.41 Å². The number of rotatable bonds is 1. The summed E-state index contributed by atoms with van der Waals surface area (Å²) in [5, 5.41) is 10.0. The lowest BCUT2D eigenvalue weighted by Crippen LogP contribution is -2.38. The minimum atomic E-state index is -1.38. The molecule has 3 nitrogen and oxygen atoms in total. The minimum Gasteiger partial charge on any atom is -0.479 e. The predicted molar refractivity (Wildman–Crippen MR) is 36.1 cm³/mol. The van der Waals surface area contributed by atoms with Gasteiger partial charge in [0.1, 0.15) is 0 Å². The van der Waals surface area contributed by atoms with Gasteiger partial charge < -0.3 is 5.11 Å². The summed E-state index contributed by atoms with van der Waals surface area (Å²) < 4.78 is 2.50. The normalized spacial score (nSPS) is 33.0. The van der Waals surface area contributed by atoms with Crippen LogP contribution in [0.25, 0.3) is 0 Å². The van der Waals surface area contributed by atoms with Crippen LogP contribution in [0.5, 0.6) is 0 Å². The smallest absolute Gasteiger partial charge is 0.344 e. The van der Waals surface area contributed by atoms with Crippen LogP contribution < -0.4 is 4.72 Å². The third-order valence-corrected chi connectivity index (χ3v) is 2.09. The van der Waals surface area contributed by atoms with Gasteiger partial charge in [0, 0.05) is 0 Å². The highest BCUT2D eigenvalue weighted by Gasteiger charge is 2.35. The van der Waals surface area contributed by atoms with Crippen LogP contribution in [0.2, 0.25) is 0 Å². The summed E-state index contributed by atoms with van der Waals surface area (Å²) in [6, 6.07) is 0. The molecule has 0 fully saturated rings. The number of hydrogen-bond donors (Lipinski definition) is 2. The van der Waals surface area contributed by atoms with Crippen molar-refractivity contribution in [1.82, 2.24) is 4.72 Å². The molecule has 0 saturated heterocycles. The second kappa shape index (κ2) is 2.21. The largest absolute Gasteiger partial charge is 0.479 e. The summed E-state index contributed by atoms with van der Waals surface area (Å²) in [6.07, 6.45) is 1.39. The van der Waals surface area contributed by atoms with E-state index >= 15 is 0 Å². The summed E-state index contributed by atoms with van der Waals surface area (Å²) in [7, 11) is 0. The van der Waals surface area contributed by atoms with Crippen molar-refractivity contribution in [2.24, 2.45) is 0 Å². The standard InChI is InChI=1S/C4H4ClNO2S/c5-4(3(7)8)1-2-9-6-4/h1-2,6H,(H,7,8). The number of halogens is 1. The van der Waals surface area contributed by atoms with Crippen molar-refractivity contribution in [2.45, 2.75) is 5.00 Å². The van der Waals surface area contributed by atoms with Crippen molar-refractivity contribution < 1.29 is 9.90 Å². The molecule has 1 rings (SSSR count). The van der Waals surface area contributed by atoms with E-state index in [9.17, 15) is 4.79 Å². The van der Waals surface area contributed by atoms with Crippen LogP contribution in [0.1, 0.15) is 0 Å². The van der Waals surface area contributed by atoms with Gasteiger partial charge in [0.2, 0.25) is 5.00 Å². The van der Waals surface area contributed by atoms with Gasteiger partial charge in [-0.2, -0.15) is 0 Å². The van der Waals surface area contributed by atoms with E-state index in [2.05, 4.69) is 4.72 Å². The van der Waals surface area contributed by atoms with E-state index in [1.165, 1.54) is 18.0 Å². The predicted octanol–water partition coefficient (Wildman–Crippen LogP) is 0.771. The van der Waals surface area contributed by atoms with Gasteiger partial charge in [0.05, 0.1) is 0 Å². The zero-order valence-corrected chi connectivity index (χ0v) is 5.87. The molecule has 0 saturated carbocycles. The molecule has 1 unspecified atom stereocenters. The van der Waals surface area contributed by atoms with Gasteiger partial charge in [0.15, 0.2) is 0 Å². The second-order valence-corrected chi connectivity index (χ2v) is 2.85. The van der Waals surface area contributed by atoms with Crippen molar-refractivity contribution in [3.05, 3.63) is 11.5 Å². The maximum Gasteiger partial charge on any atom is 0.344 e. The average molecular weight is 166 g/mol. The summed E-state index contributed by atoms with van der Waals surface area (Å²) in [5.74, 6) is -1.08. The van der Waals surface area contributed by atoms with Crippen molar-refractivity contribution >= 4 is 29.5 Å². The highest BCUT2D eigenvalue weighted by Crippen LogP contribution is 2.24. The Bertz CT molecular complexity index is 172. The fourth-order valence-electron chi connectivity index (χ4n) is 0.397. The van der Waals surface area contributed by atoms with Crippen LogP contribution in [0, 0.1) is 0 Å². The van der Waals surface area contributed by atoms with Gasteiger partial charge in [-0.05, 0) is 11.5 Å². The maximum atomic E-state index is 10.3. The number of alkyl halides is 1. The van der Waals surface area contributed by atoms with Crippen molar-refractivity contribution in [3.63, 3.8) is 0 Å². The number of hydrogen-bond acceptors (Lipinski definition) is 3. The SMILES string of the molecule is O=C(O)C1(Cl)C=CSN1. The second-order valence-electron chi connectivity index (χ2n) is 1.54. The first kappa shape index (κ1) is 6.92. The molecule has 0 spiro atoms. The molecule has 0 aromatic heterocycles. The lowest BCUT2D eigenvalue weighted by atomic mass is 10.3. The number of aliphatic carboxylic acids is 1. The van der Waals surface area contributed by atoms with E-state index in [0.29, 0.717) is 0 Å². The first-order valence-corrected chi connectivity index (χ1v) is 3.44. The summed E-state index contributed by atoms with van der Waals surface area (Å²) >= 11 is 6.65. The van der Waals surface area contributed by atoms with E-state index in [0.717, 1.165) is 0 Å². The monoisotopic (exact) mass is 165 g/mol. The van der Waals surface area contributed by atoms with E-state index in [1.807, 2.05) is 0 Å².